The summed E-state index contributed by atoms with van der Waals surface area (Å²) >= 11 is 1.57. The van der Waals surface area contributed by atoms with Crippen LogP contribution < -0.4 is 4.80 Å². The first-order valence-corrected chi connectivity index (χ1v) is 12.7. The van der Waals surface area contributed by atoms with E-state index in [1.54, 1.807) is 27.8 Å². The number of hydrogen-bond donors (Lipinski definition) is 0. The van der Waals surface area contributed by atoms with Crippen LogP contribution in [0.15, 0.2) is 69.9 Å². The Morgan fingerprint density at radius 2 is 1.80 bits per heavy atom. The van der Waals surface area contributed by atoms with Crippen molar-refractivity contribution in [3.63, 3.8) is 0 Å². The summed E-state index contributed by atoms with van der Waals surface area (Å²) in [5.41, 5.74) is 2.79. The van der Waals surface area contributed by atoms with E-state index in [-0.39, 0.29) is 0 Å². The van der Waals surface area contributed by atoms with E-state index in [0.29, 0.717) is 23.9 Å². The Kier molecular flexibility index (Phi) is 6.22. The molecule has 0 bridgehead atoms. The Bertz CT molecular complexity index is 1170. The Hall–Kier alpha value is -2.22. The van der Waals surface area contributed by atoms with E-state index in [0.717, 1.165) is 41.1 Å². The maximum atomic E-state index is 13.2. The maximum absolute atomic E-state index is 13.2. The lowest BCUT2D eigenvalue weighted by Crippen LogP contribution is -2.37. The monoisotopic (exact) mass is 441 g/mol. The van der Waals surface area contributed by atoms with Crippen LogP contribution in [-0.2, 0) is 16.6 Å². The molecule has 0 radical (unpaired) electrons. The van der Waals surface area contributed by atoms with Gasteiger partial charge in [-0.05, 0) is 49.9 Å². The zero-order chi connectivity index (χ0) is 21.1. The lowest BCUT2D eigenvalue weighted by atomic mass is 10.0. The van der Waals surface area contributed by atoms with Gasteiger partial charge >= 0.3 is 0 Å². The Balaban J connectivity index is 1.70. The van der Waals surface area contributed by atoms with E-state index in [2.05, 4.69) is 23.8 Å². The third-order valence-corrected chi connectivity index (χ3v) is 8.36. The van der Waals surface area contributed by atoms with Crippen molar-refractivity contribution in [2.24, 2.45) is 10.9 Å². The number of thiazole rings is 1. The molecular formula is C23H27N3O2S2. The van der Waals surface area contributed by atoms with Gasteiger partial charge in [0.15, 0.2) is 4.80 Å². The van der Waals surface area contributed by atoms with Crippen molar-refractivity contribution >= 4 is 27.0 Å². The Morgan fingerprint density at radius 1 is 1.07 bits per heavy atom. The third-order valence-electron chi connectivity index (χ3n) is 5.61. The summed E-state index contributed by atoms with van der Waals surface area (Å²) in [4.78, 5) is 6.03. The molecule has 1 aliphatic heterocycles. The third kappa shape index (κ3) is 4.29. The number of piperidine rings is 1. The SMILES string of the molecule is CCn1c(-c2cccc(S(=O)(=O)N3CCC(C)CC3)c2)csc1=Nc1ccccc1. The molecule has 158 valence electrons. The number of para-hydroxylation sites is 1. The zero-order valence-electron chi connectivity index (χ0n) is 17.4. The van der Waals surface area contributed by atoms with Crippen LogP contribution in [-0.4, -0.2) is 30.4 Å². The number of benzene rings is 2. The van der Waals surface area contributed by atoms with Gasteiger partial charge in [0.05, 0.1) is 16.3 Å². The molecule has 2 heterocycles. The van der Waals surface area contributed by atoms with E-state index >= 15 is 0 Å². The minimum atomic E-state index is -3.47. The topological polar surface area (TPSA) is 54.7 Å². The molecule has 0 N–H and O–H groups in total. The molecule has 0 atom stereocenters. The standard InChI is InChI=1S/C23H27N3O2S2/c1-3-26-22(17-29-23(26)24-20-9-5-4-6-10-20)19-8-7-11-21(16-19)30(27,28)25-14-12-18(2)13-15-25/h4-11,16-18H,3,12-15H2,1-2H3. The van der Waals surface area contributed by atoms with Crippen LogP contribution in [0.25, 0.3) is 11.3 Å². The summed E-state index contributed by atoms with van der Waals surface area (Å²) in [5, 5.41) is 2.06. The van der Waals surface area contributed by atoms with Gasteiger partial charge in [-0.2, -0.15) is 4.31 Å². The van der Waals surface area contributed by atoms with Crippen LogP contribution in [0.2, 0.25) is 0 Å². The predicted molar refractivity (Wildman–Crippen MR) is 122 cm³/mol. The molecule has 0 amide bonds. The van der Waals surface area contributed by atoms with Crippen molar-refractivity contribution in [3.05, 3.63) is 64.8 Å². The number of aromatic nitrogens is 1. The lowest BCUT2D eigenvalue weighted by molar-refractivity contribution is 0.288. The molecule has 30 heavy (non-hydrogen) atoms. The molecule has 1 aliphatic rings. The van der Waals surface area contributed by atoms with Gasteiger partial charge in [-0.1, -0.05) is 37.3 Å². The fraction of sp³-hybridized carbons (Fsp3) is 0.348. The fourth-order valence-electron chi connectivity index (χ4n) is 3.76. The van der Waals surface area contributed by atoms with Crippen LogP contribution in [0.4, 0.5) is 5.69 Å². The van der Waals surface area contributed by atoms with E-state index in [4.69, 9.17) is 4.99 Å². The molecular weight excluding hydrogens is 414 g/mol. The van der Waals surface area contributed by atoms with Gasteiger partial charge in [-0.25, -0.2) is 13.4 Å². The first-order chi connectivity index (χ1) is 14.5. The molecule has 0 aliphatic carbocycles. The van der Waals surface area contributed by atoms with Crippen LogP contribution in [0.5, 0.6) is 0 Å². The minimum Gasteiger partial charge on any atom is -0.317 e. The van der Waals surface area contributed by atoms with Gasteiger partial charge in [-0.3, -0.25) is 0 Å². The van der Waals surface area contributed by atoms with Gasteiger partial charge in [0.25, 0.3) is 0 Å². The number of sulfonamides is 1. The van der Waals surface area contributed by atoms with E-state index < -0.39 is 10.0 Å². The highest BCUT2D eigenvalue weighted by Crippen LogP contribution is 2.27. The minimum absolute atomic E-state index is 0.366. The van der Waals surface area contributed by atoms with Gasteiger partial charge in [0, 0.05) is 30.6 Å². The molecule has 0 saturated carbocycles. The fourth-order valence-corrected chi connectivity index (χ4v) is 6.27. The summed E-state index contributed by atoms with van der Waals surface area (Å²) in [6.45, 7) is 6.21. The highest BCUT2D eigenvalue weighted by Gasteiger charge is 2.28. The van der Waals surface area contributed by atoms with Crippen LogP contribution in [0.1, 0.15) is 26.7 Å². The summed E-state index contributed by atoms with van der Waals surface area (Å²) in [7, 11) is -3.47. The normalized spacial score (nSPS) is 16.8. The first-order valence-electron chi connectivity index (χ1n) is 10.4. The van der Waals surface area contributed by atoms with Crippen LogP contribution in [0.3, 0.4) is 0 Å². The highest BCUT2D eigenvalue weighted by atomic mass is 32.2. The summed E-state index contributed by atoms with van der Waals surface area (Å²) in [5.74, 6) is 0.587. The van der Waals surface area contributed by atoms with Crippen molar-refractivity contribution in [2.45, 2.75) is 38.1 Å². The molecule has 2 aromatic carbocycles. The van der Waals surface area contributed by atoms with Crippen molar-refractivity contribution in [1.82, 2.24) is 8.87 Å². The predicted octanol–water partition coefficient (Wildman–Crippen LogP) is 4.89. The summed E-state index contributed by atoms with van der Waals surface area (Å²) in [6.07, 6.45) is 1.84. The first kappa shape index (κ1) is 21.0. The molecule has 1 aromatic heterocycles. The molecule has 7 heteroatoms. The molecule has 5 nitrogen and oxygen atoms in total. The highest BCUT2D eigenvalue weighted by molar-refractivity contribution is 7.89. The smallest absolute Gasteiger partial charge is 0.243 e. The quantitative estimate of drug-likeness (QED) is 0.566. The maximum Gasteiger partial charge on any atom is 0.243 e. The Labute approximate surface area is 182 Å². The summed E-state index contributed by atoms with van der Waals surface area (Å²) < 4.78 is 30.1. The largest absolute Gasteiger partial charge is 0.317 e. The lowest BCUT2D eigenvalue weighted by Gasteiger charge is -2.29. The number of hydrogen-bond acceptors (Lipinski definition) is 4. The molecule has 1 saturated heterocycles. The summed E-state index contributed by atoms with van der Waals surface area (Å²) in [6, 6.07) is 17.2. The van der Waals surface area contributed by atoms with Crippen LogP contribution >= 0.6 is 11.3 Å². The molecule has 3 aromatic rings. The molecule has 0 unspecified atom stereocenters. The molecule has 4 rings (SSSR count). The zero-order valence-corrected chi connectivity index (χ0v) is 19.0. The van der Waals surface area contributed by atoms with Crippen LogP contribution in [0, 0.1) is 5.92 Å². The number of rotatable bonds is 5. The average molecular weight is 442 g/mol. The second-order valence-electron chi connectivity index (χ2n) is 7.71. The van der Waals surface area contributed by atoms with Gasteiger partial charge < -0.3 is 4.57 Å². The van der Waals surface area contributed by atoms with Gasteiger partial charge in [0.1, 0.15) is 0 Å². The van der Waals surface area contributed by atoms with Gasteiger partial charge in [-0.15, -0.1) is 11.3 Å². The molecule has 0 spiro atoms. The van der Waals surface area contributed by atoms with Crippen molar-refractivity contribution in [2.75, 3.05) is 13.1 Å². The second-order valence-corrected chi connectivity index (χ2v) is 10.5. The van der Waals surface area contributed by atoms with E-state index in [1.165, 1.54) is 0 Å². The van der Waals surface area contributed by atoms with Crippen molar-refractivity contribution < 1.29 is 8.42 Å². The second kappa shape index (κ2) is 8.88. The number of nitrogens with zero attached hydrogens (tertiary/aromatic N) is 3. The van der Waals surface area contributed by atoms with E-state index in [1.807, 2.05) is 42.5 Å². The van der Waals surface area contributed by atoms with Crippen molar-refractivity contribution in [1.29, 1.82) is 0 Å². The van der Waals surface area contributed by atoms with Crippen molar-refractivity contribution in [3.8, 4) is 11.3 Å². The molecule has 1 fully saturated rings. The van der Waals surface area contributed by atoms with E-state index in [9.17, 15) is 8.42 Å². The Morgan fingerprint density at radius 3 is 2.50 bits per heavy atom. The van der Waals surface area contributed by atoms with Gasteiger partial charge in [0.2, 0.25) is 10.0 Å². The average Bonchev–Trinajstić information content (AvgIpc) is 3.17.